The lowest BCUT2D eigenvalue weighted by Gasteiger charge is -2.29. The van der Waals surface area contributed by atoms with E-state index in [2.05, 4.69) is 27.3 Å². The van der Waals surface area contributed by atoms with Gasteiger partial charge in [0.15, 0.2) is 0 Å². The highest BCUT2D eigenvalue weighted by Crippen LogP contribution is 2.40. The second-order valence-electron chi connectivity index (χ2n) is 4.93. The molecule has 0 aliphatic carbocycles. The molecule has 0 aromatic heterocycles. The van der Waals surface area contributed by atoms with Crippen LogP contribution < -0.4 is 10.1 Å². The van der Waals surface area contributed by atoms with Crippen LogP contribution in [0.4, 0.5) is 10.1 Å². The van der Waals surface area contributed by atoms with Crippen LogP contribution in [0.3, 0.4) is 0 Å². The monoisotopic (exact) mass is 335 g/mol. The summed E-state index contributed by atoms with van der Waals surface area (Å²) in [5.74, 6) is 0.619. The number of nitrogens with one attached hydrogen (secondary N) is 1. The quantitative estimate of drug-likeness (QED) is 0.859. The van der Waals surface area contributed by atoms with Crippen molar-refractivity contribution in [3.8, 4) is 5.75 Å². The van der Waals surface area contributed by atoms with E-state index in [0.29, 0.717) is 0 Å². The van der Waals surface area contributed by atoms with Crippen LogP contribution >= 0.6 is 15.9 Å². The summed E-state index contributed by atoms with van der Waals surface area (Å²) in [6, 6.07) is 10.9. The van der Waals surface area contributed by atoms with E-state index in [9.17, 15) is 4.39 Å². The molecule has 3 rings (SSSR count). The largest absolute Gasteiger partial charge is 0.495 e. The Kier molecular flexibility index (Phi) is 3.66. The molecule has 0 spiro atoms. The number of methoxy groups -OCH3 is 1. The van der Waals surface area contributed by atoms with Crippen LogP contribution in [0, 0.1) is 5.82 Å². The van der Waals surface area contributed by atoms with Gasteiger partial charge in [0.1, 0.15) is 11.6 Å². The molecule has 2 aromatic rings. The van der Waals surface area contributed by atoms with Crippen LogP contribution in [0.15, 0.2) is 40.9 Å². The number of halogens is 2. The zero-order valence-corrected chi connectivity index (χ0v) is 12.7. The Hall–Kier alpha value is -1.55. The van der Waals surface area contributed by atoms with Gasteiger partial charge in [-0.3, -0.25) is 0 Å². The Labute approximate surface area is 126 Å². The molecule has 104 valence electrons. The minimum absolute atomic E-state index is 0.119. The number of anilines is 1. The van der Waals surface area contributed by atoms with Crippen molar-refractivity contribution in [3.05, 3.63) is 57.8 Å². The molecule has 0 bridgehead atoms. The smallest absolute Gasteiger partial charge is 0.143 e. The van der Waals surface area contributed by atoms with Crippen LogP contribution in [0.5, 0.6) is 5.75 Å². The molecule has 0 fully saturated rings. The molecular formula is C16H15BrFNO. The molecule has 1 aliphatic heterocycles. The van der Waals surface area contributed by atoms with Gasteiger partial charge in [-0.25, -0.2) is 4.39 Å². The van der Waals surface area contributed by atoms with Crippen molar-refractivity contribution in [1.29, 1.82) is 0 Å². The van der Waals surface area contributed by atoms with Crippen molar-refractivity contribution in [3.63, 3.8) is 0 Å². The first-order valence-electron chi connectivity index (χ1n) is 6.56. The predicted octanol–water partition coefficient (Wildman–Crippen LogP) is 4.70. The van der Waals surface area contributed by atoms with Crippen molar-refractivity contribution in [2.75, 3.05) is 12.4 Å². The van der Waals surface area contributed by atoms with Gasteiger partial charge in [-0.15, -0.1) is 0 Å². The minimum Gasteiger partial charge on any atom is -0.495 e. The Balaban J connectivity index is 1.95. The van der Waals surface area contributed by atoms with Gasteiger partial charge < -0.3 is 10.1 Å². The molecule has 1 N–H and O–H groups in total. The summed E-state index contributed by atoms with van der Waals surface area (Å²) in [4.78, 5) is 0. The fourth-order valence-corrected chi connectivity index (χ4v) is 3.16. The molecule has 0 saturated heterocycles. The van der Waals surface area contributed by atoms with E-state index in [0.717, 1.165) is 34.3 Å². The maximum Gasteiger partial charge on any atom is 0.143 e. The average Bonchev–Trinajstić information content (AvgIpc) is 2.46. The van der Waals surface area contributed by atoms with Crippen LogP contribution in [0.1, 0.15) is 23.6 Å². The Morgan fingerprint density at radius 2 is 2.15 bits per heavy atom. The third kappa shape index (κ3) is 2.52. The summed E-state index contributed by atoms with van der Waals surface area (Å²) < 4.78 is 19.8. The highest BCUT2D eigenvalue weighted by molar-refractivity contribution is 9.10. The van der Waals surface area contributed by atoms with Gasteiger partial charge in [0, 0.05) is 4.47 Å². The van der Waals surface area contributed by atoms with Crippen LogP contribution in [0.25, 0.3) is 0 Å². The van der Waals surface area contributed by atoms with E-state index >= 15 is 0 Å². The van der Waals surface area contributed by atoms with Crippen LogP contribution in [-0.2, 0) is 6.42 Å². The number of rotatable bonds is 2. The van der Waals surface area contributed by atoms with Crippen molar-refractivity contribution in [1.82, 2.24) is 0 Å². The maximum absolute atomic E-state index is 13.4. The van der Waals surface area contributed by atoms with Gasteiger partial charge in [0.2, 0.25) is 0 Å². The lowest BCUT2D eigenvalue weighted by Crippen LogP contribution is -2.18. The van der Waals surface area contributed by atoms with E-state index in [4.69, 9.17) is 4.74 Å². The van der Waals surface area contributed by atoms with Crippen molar-refractivity contribution in [2.24, 2.45) is 0 Å². The molecule has 1 aliphatic rings. The summed E-state index contributed by atoms with van der Waals surface area (Å²) in [5.41, 5.74) is 3.21. The van der Waals surface area contributed by atoms with Crippen LogP contribution in [-0.4, -0.2) is 7.11 Å². The summed E-state index contributed by atoms with van der Waals surface area (Å²) >= 11 is 3.49. The number of ether oxygens (including phenoxy) is 1. The maximum atomic E-state index is 13.4. The molecule has 4 heteroatoms. The fourth-order valence-electron chi connectivity index (χ4n) is 2.68. The van der Waals surface area contributed by atoms with E-state index in [1.54, 1.807) is 19.2 Å². The average molecular weight is 336 g/mol. The number of hydrogen-bond donors (Lipinski definition) is 1. The highest BCUT2D eigenvalue weighted by atomic mass is 79.9. The zero-order chi connectivity index (χ0) is 14.1. The molecule has 0 amide bonds. The molecule has 2 aromatic carbocycles. The molecule has 20 heavy (non-hydrogen) atoms. The third-order valence-electron chi connectivity index (χ3n) is 3.64. The Bertz CT molecular complexity index is 627. The fraction of sp³-hybridized carbons (Fsp3) is 0.250. The SMILES string of the molecule is COc1cc(Br)cc2c1NC(c1cccc(F)c1)CC2. The molecule has 1 unspecified atom stereocenters. The standard InChI is InChI=1S/C16H15BrFNO/c1-20-15-9-12(17)7-11-5-6-14(19-16(11)15)10-3-2-4-13(18)8-10/h2-4,7-9,14,19H,5-6H2,1H3. The lowest BCUT2D eigenvalue weighted by atomic mass is 9.93. The number of aryl methyl sites for hydroxylation is 1. The zero-order valence-electron chi connectivity index (χ0n) is 11.1. The second-order valence-corrected chi connectivity index (χ2v) is 5.85. The molecule has 0 saturated carbocycles. The van der Waals surface area contributed by atoms with E-state index in [1.165, 1.54) is 11.6 Å². The van der Waals surface area contributed by atoms with Gasteiger partial charge in [0.05, 0.1) is 18.8 Å². The Morgan fingerprint density at radius 3 is 2.90 bits per heavy atom. The van der Waals surface area contributed by atoms with Crippen molar-refractivity contribution < 1.29 is 9.13 Å². The predicted molar refractivity (Wildman–Crippen MR) is 81.8 cm³/mol. The number of benzene rings is 2. The lowest BCUT2D eigenvalue weighted by molar-refractivity contribution is 0.414. The van der Waals surface area contributed by atoms with E-state index in [1.807, 2.05) is 12.1 Å². The van der Waals surface area contributed by atoms with Crippen LogP contribution in [0.2, 0.25) is 0 Å². The minimum atomic E-state index is -0.196. The first-order valence-corrected chi connectivity index (χ1v) is 7.35. The molecular weight excluding hydrogens is 321 g/mol. The molecule has 1 heterocycles. The third-order valence-corrected chi connectivity index (χ3v) is 4.10. The topological polar surface area (TPSA) is 21.3 Å². The van der Waals surface area contributed by atoms with Crippen molar-refractivity contribution >= 4 is 21.6 Å². The molecule has 1 atom stereocenters. The second kappa shape index (κ2) is 5.44. The van der Waals surface area contributed by atoms with Gasteiger partial charge in [-0.2, -0.15) is 0 Å². The van der Waals surface area contributed by atoms with Gasteiger partial charge in [-0.05, 0) is 48.2 Å². The van der Waals surface area contributed by atoms with E-state index < -0.39 is 0 Å². The van der Waals surface area contributed by atoms with Gasteiger partial charge in [0.25, 0.3) is 0 Å². The first-order chi connectivity index (χ1) is 9.67. The summed E-state index contributed by atoms with van der Waals surface area (Å²) in [5, 5.41) is 3.47. The molecule has 2 nitrogen and oxygen atoms in total. The summed E-state index contributed by atoms with van der Waals surface area (Å²) in [6.07, 6.45) is 1.88. The van der Waals surface area contributed by atoms with Gasteiger partial charge in [-0.1, -0.05) is 28.1 Å². The number of fused-ring (bicyclic) bond motifs is 1. The summed E-state index contributed by atoms with van der Waals surface area (Å²) in [6.45, 7) is 0. The first kappa shape index (κ1) is 13.4. The Morgan fingerprint density at radius 1 is 1.30 bits per heavy atom. The highest BCUT2D eigenvalue weighted by Gasteiger charge is 2.22. The van der Waals surface area contributed by atoms with Gasteiger partial charge >= 0.3 is 0 Å². The number of hydrogen-bond acceptors (Lipinski definition) is 2. The van der Waals surface area contributed by atoms with Crippen molar-refractivity contribution in [2.45, 2.75) is 18.9 Å². The molecule has 0 radical (unpaired) electrons. The van der Waals surface area contributed by atoms with E-state index in [-0.39, 0.29) is 11.9 Å². The summed E-state index contributed by atoms with van der Waals surface area (Å²) in [7, 11) is 1.66. The normalized spacial score (nSPS) is 17.2.